The van der Waals surface area contributed by atoms with Gasteiger partial charge >= 0.3 is 5.97 Å². The molecule has 0 radical (unpaired) electrons. The van der Waals surface area contributed by atoms with Crippen LogP contribution in [0.25, 0.3) is 0 Å². The van der Waals surface area contributed by atoms with Crippen molar-refractivity contribution >= 4 is 5.97 Å². The standard InChI is InChI=1S/C25H38N2O4/c1-14(2)18-12-25(18)13-27-8-7-16-9-20(29-5)21(30-6)10-17(16)19(27)11-22(25)31-24(28)23(26)15(3)4/h9-10,14-15,18-19,22-23H,7-8,11-13,26H2,1-6H3/t18?,19-,22-,23+,25?/m1/s1. The summed E-state index contributed by atoms with van der Waals surface area (Å²) >= 11 is 0. The predicted molar refractivity (Wildman–Crippen MR) is 120 cm³/mol. The predicted octanol–water partition coefficient (Wildman–Crippen LogP) is 3.56. The molecule has 0 aromatic heterocycles. The Morgan fingerprint density at radius 2 is 1.84 bits per heavy atom. The average molecular weight is 431 g/mol. The van der Waals surface area contributed by atoms with Crippen molar-refractivity contribution in [3.8, 4) is 11.5 Å². The largest absolute Gasteiger partial charge is 0.493 e. The van der Waals surface area contributed by atoms with E-state index in [2.05, 4.69) is 30.9 Å². The molecule has 31 heavy (non-hydrogen) atoms. The Balaban J connectivity index is 1.65. The number of rotatable bonds is 6. The van der Waals surface area contributed by atoms with Gasteiger partial charge in [-0.1, -0.05) is 27.7 Å². The minimum atomic E-state index is -0.575. The Bertz CT molecular complexity index is 839. The quantitative estimate of drug-likeness (QED) is 0.696. The Hall–Kier alpha value is -1.79. The third-order valence-electron chi connectivity index (χ3n) is 7.92. The molecule has 5 atom stereocenters. The van der Waals surface area contributed by atoms with Gasteiger partial charge in [-0.3, -0.25) is 9.69 Å². The molecule has 172 valence electrons. The minimum absolute atomic E-state index is 0.0606. The number of fused-ring (bicyclic) bond motifs is 3. The van der Waals surface area contributed by atoms with Crippen LogP contribution in [0.3, 0.4) is 0 Å². The van der Waals surface area contributed by atoms with Gasteiger partial charge in [0.25, 0.3) is 0 Å². The molecule has 1 aliphatic carbocycles. The first-order chi connectivity index (χ1) is 14.7. The summed E-state index contributed by atoms with van der Waals surface area (Å²) in [4.78, 5) is 15.4. The van der Waals surface area contributed by atoms with Crippen LogP contribution in [0.4, 0.5) is 0 Å². The van der Waals surface area contributed by atoms with Crippen molar-refractivity contribution in [2.45, 2.75) is 65.1 Å². The molecular weight excluding hydrogens is 392 g/mol. The Morgan fingerprint density at radius 1 is 1.16 bits per heavy atom. The van der Waals surface area contributed by atoms with E-state index in [1.165, 1.54) is 11.1 Å². The molecule has 4 rings (SSSR count). The maximum absolute atomic E-state index is 12.8. The first-order valence-corrected chi connectivity index (χ1v) is 11.7. The minimum Gasteiger partial charge on any atom is -0.493 e. The molecule has 1 aromatic carbocycles. The zero-order chi connectivity index (χ0) is 22.5. The van der Waals surface area contributed by atoms with Crippen LogP contribution in [0.5, 0.6) is 11.5 Å². The van der Waals surface area contributed by atoms with Crippen LogP contribution >= 0.6 is 0 Å². The van der Waals surface area contributed by atoms with Gasteiger partial charge in [-0.05, 0) is 53.9 Å². The fourth-order valence-electron chi connectivity index (χ4n) is 5.92. The lowest BCUT2D eigenvalue weighted by Gasteiger charge is -2.48. The van der Waals surface area contributed by atoms with Crippen LogP contribution in [0.1, 0.15) is 57.7 Å². The van der Waals surface area contributed by atoms with Crippen molar-refractivity contribution in [3.05, 3.63) is 23.3 Å². The number of nitrogens with two attached hydrogens (primary N) is 1. The van der Waals surface area contributed by atoms with E-state index in [4.69, 9.17) is 19.9 Å². The summed E-state index contributed by atoms with van der Waals surface area (Å²) in [6.45, 7) is 10.5. The van der Waals surface area contributed by atoms with E-state index in [9.17, 15) is 4.79 Å². The highest BCUT2D eigenvalue weighted by Gasteiger charge is 2.65. The molecule has 2 heterocycles. The van der Waals surface area contributed by atoms with Crippen LogP contribution < -0.4 is 15.2 Å². The van der Waals surface area contributed by atoms with E-state index in [-0.39, 0.29) is 29.4 Å². The normalized spacial score (nSPS) is 30.7. The Kier molecular flexibility index (Phi) is 5.99. The monoisotopic (exact) mass is 430 g/mol. The number of hydrogen-bond donors (Lipinski definition) is 1. The molecule has 2 N–H and O–H groups in total. The van der Waals surface area contributed by atoms with E-state index < -0.39 is 6.04 Å². The molecule has 1 aromatic rings. The van der Waals surface area contributed by atoms with Gasteiger partial charge in [-0.25, -0.2) is 0 Å². The maximum atomic E-state index is 12.8. The first-order valence-electron chi connectivity index (χ1n) is 11.7. The molecule has 2 aliphatic heterocycles. The van der Waals surface area contributed by atoms with E-state index >= 15 is 0 Å². The number of piperidine rings is 1. The van der Waals surface area contributed by atoms with E-state index in [1.54, 1.807) is 14.2 Å². The first kappa shape index (κ1) is 22.4. The van der Waals surface area contributed by atoms with Crippen molar-refractivity contribution in [1.29, 1.82) is 0 Å². The molecule has 2 fully saturated rings. The number of benzene rings is 1. The molecule has 6 nitrogen and oxygen atoms in total. The lowest BCUT2D eigenvalue weighted by Crippen LogP contribution is -2.52. The molecule has 1 saturated heterocycles. The number of hydrogen-bond acceptors (Lipinski definition) is 6. The SMILES string of the molecule is COc1cc2c(cc1OC)[C@H]1C[C@@H](OC(=O)[C@@H](N)C(C)C)C3(CC3C(C)C)CN1CC2. The zero-order valence-corrected chi connectivity index (χ0v) is 19.8. The van der Waals surface area contributed by atoms with Gasteiger partial charge in [-0.2, -0.15) is 0 Å². The van der Waals surface area contributed by atoms with Crippen molar-refractivity contribution in [3.63, 3.8) is 0 Å². The number of carbonyl (C=O) groups is 1. The summed E-state index contributed by atoms with van der Waals surface area (Å²) in [5.74, 6) is 2.51. The van der Waals surface area contributed by atoms with Gasteiger partial charge in [0.1, 0.15) is 12.1 Å². The number of esters is 1. The molecule has 1 spiro atoms. The van der Waals surface area contributed by atoms with Crippen molar-refractivity contribution in [2.75, 3.05) is 27.3 Å². The van der Waals surface area contributed by atoms with Crippen molar-refractivity contribution in [2.24, 2.45) is 28.9 Å². The van der Waals surface area contributed by atoms with E-state index in [0.29, 0.717) is 11.8 Å². The van der Waals surface area contributed by atoms with Crippen LogP contribution in [-0.4, -0.2) is 50.3 Å². The molecule has 0 amide bonds. The third-order valence-corrected chi connectivity index (χ3v) is 7.92. The van der Waals surface area contributed by atoms with Gasteiger partial charge < -0.3 is 19.9 Å². The van der Waals surface area contributed by atoms with Gasteiger partial charge in [0, 0.05) is 31.0 Å². The molecule has 6 heteroatoms. The number of carbonyl (C=O) groups excluding carboxylic acids is 1. The third kappa shape index (κ3) is 3.82. The van der Waals surface area contributed by atoms with Gasteiger partial charge in [0.15, 0.2) is 11.5 Å². The molecule has 1 saturated carbocycles. The van der Waals surface area contributed by atoms with Gasteiger partial charge in [0.05, 0.1) is 14.2 Å². The maximum Gasteiger partial charge on any atom is 0.323 e. The van der Waals surface area contributed by atoms with Gasteiger partial charge in [0.2, 0.25) is 0 Å². The van der Waals surface area contributed by atoms with Crippen molar-refractivity contribution in [1.82, 2.24) is 4.90 Å². The number of nitrogens with zero attached hydrogens (tertiary/aromatic N) is 1. The average Bonchev–Trinajstić information content (AvgIpc) is 3.47. The van der Waals surface area contributed by atoms with Crippen LogP contribution in [0.2, 0.25) is 0 Å². The Labute approximate surface area is 186 Å². The second-order valence-electron chi connectivity index (χ2n) is 10.4. The topological polar surface area (TPSA) is 74.0 Å². The summed E-state index contributed by atoms with van der Waals surface area (Å²) in [5.41, 5.74) is 8.78. The van der Waals surface area contributed by atoms with Crippen molar-refractivity contribution < 1.29 is 19.0 Å². The Morgan fingerprint density at radius 3 is 2.42 bits per heavy atom. The van der Waals surface area contributed by atoms with Gasteiger partial charge in [-0.15, -0.1) is 0 Å². The summed E-state index contributed by atoms with van der Waals surface area (Å²) in [7, 11) is 3.35. The van der Waals surface area contributed by atoms with E-state index in [1.807, 2.05) is 13.8 Å². The van der Waals surface area contributed by atoms with Crippen LogP contribution in [-0.2, 0) is 16.0 Å². The highest BCUT2D eigenvalue weighted by molar-refractivity contribution is 5.76. The summed E-state index contributed by atoms with van der Waals surface area (Å²) in [6.07, 6.45) is 2.83. The summed E-state index contributed by atoms with van der Waals surface area (Å²) in [5, 5.41) is 0. The van der Waals surface area contributed by atoms with Crippen LogP contribution in [0, 0.1) is 23.2 Å². The lowest BCUT2D eigenvalue weighted by molar-refractivity contribution is -0.162. The smallest absolute Gasteiger partial charge is 0.323 e. The lowest BCUT2D eigenvalue weighted by atomic mass is 9.77. The highest BCUT2D eigenvalue weighted by Crippen LogP contribution is 2.64. The van der Waals surface area contributed by atoms with Crippen LogP contribution in [0.15, 0.2) is 12.1 Å². The second-order valence-corrected chi connectivity index (χ2v) is 10.4. The fourth-order valence-corrected chi connectivity index (χ4v) is 5.92. The fraction of sp³-hybridized carbons (Fsp3) is 0.720. The highest BCUT2D eigenvalue weighted by atomic mass is 16.5. The van der Waals surface area contributed by atoms with E-state index in [0.717, 1.165) is 43.9 Å². The number of methoxy groups -OCH3 is 2. The molecule has 3 aliphatic rings. The summed E-state index contributed by atoms with van der Waals surface area (Å²) < 4.78 is 17.3. The summed E-state index contributed by atoms with van der Waals surface area (Å²) in [6, 6.07) is 3.87. The molecule has 0 bridgehead atoms. The second kappa shape index (κ2) is 8.28. The molecular formula is C25H38N2O4. The number of ether oxygens (including phenoxy) is 3. The zero-order valence-electron chi connectivity index (χ0n) is 19.8. The molecule has 2 unspecified atom stereocenters.